The lowest BCUT2D eigenvalue weighted by atomic mass is 10.1. The molecule has 0 radical (unpaired) electrons. The van der Waals surface area contributed by atoms with Crippen LogP contribution in [0.25, 0.3) is 0 Å². The molecule has 1 atom stereocenters. The van der Waals surface area contributed by atoms with Crippen molar-refractivity contribution >= 4 is 34.2 Å². The third kappa shape index (κ3) is 4.65. The first-order valence-corrected chi connectivity index (χ1v) is 8.31. The van der Waals surface area contributed by atoms with Gasteiger partial charge in [-0.05, 0) is 18.2 Å². The van der Waals surface area contributed by atoms with Crippen molar-refractivity contribution in [3.05, 3.63) is 65.2 Å². The van der Waals surface area contributed by atoms with Gasteiger partial charge in [0.15, 0.2) is 0 Å². The van der Waals surface area contributed by atoms with Gasteiger partial charge in [0.25, 0.3) is 0 Å². The number of ether oxygens (including phenoxy) is 2. The molecule has 0 aliphatic heterocycles. The maximum absolute atomic E-state index is 6.19. The lowest BCUT2D eigenvalue weighted by Gasteiger charge is -2.17. The monoisotopic (exact) mass is 402 g/mol. The van der Waals surface area contributed by atoms with Crippen molar-refractivity contribution in [2.45, 2.75) is 6.10 Å². The van der Waals surface area contributed by atoms with Crippen LogP contribution in [0.3, 0.4) is 0 Å². The summed E-state index contributed by atoms with van der Waals surface area (Å²) in [5.41, 5.74) is 1.03. The first-order valence-electron chi connectivity index (χ1n) is 6.41. The number of hydrogen-bond acceptors (Lipinski definition) is 2. The third-order valence-electron chi connectivity index (χ3n) is 2.81. The van der Waals surface area contributed by atoms with E-state index in [2.05, 4.69) is 22.6 Å². The van der Waals surface area contributed by atoms with Gasteiger partial charge in [0.1, 0.15) is 12.4 Å². The quantitative estimate of drug-likeness (QED) is 0.372. The average Bonchev–Trinajstić information content (AvgIpc) is 2.50. The van der Waals surface area contributed by atoms with Gasteiger partial charge in [0.2, 0.25) is 0 Å². The molecule has 1 unspecified atom stereocenters. The number of benzene rings is 2. The van der Waals surface area contributed by atoms with E-state index in [1.807, 2.05) is 54.6 Å². The smallest absolute Gasteiger partial charge is 0.119 e. The molecule has 106 valence electrons. The molecule has 0 aliphatic carbocycles. The van der Waals surface area contributed by atoms with Gasteiger partial charge < -0.3 is 9.47 Å². The first-order chi connectivity index (χ1) is 9.81. The van der Waals surface area contributed by atoms with Crippen LogP contribution in [0.1, 0.15) is 11.7 Å². The second-order valence-corrected chi connectivity index (χ2v) is 5.48. The maximum atomic E-state index is 6.19. The molecule has 0 N–H and O–H groups in total. The highest BCUT2D eigenvalue weighted by Crippen LogP contribution is 2.26. The Balaban J connectivity index is 1.81. The minimum Gasteiger partial charge on any atom is -0.491 e. The number of rotatable bonds is 7. The third-order valence-corrected chi connectivity index (χ3v) is 3.95. The van der Waals surface area contributed by atoms with Crippen molar-refractivity contribution in [2.24, 2.45) is 0 Å². The van der Waals surface area contributed by atoms with E-state index in [1.54, 1.807) is 0 Å². The SMILES string of the molecule is Clc1ccccc1C(CI)OCCOc1ccccc1. The van der Waals surface area contributed by atoms with Gasteiger partial charge in [-0.15, -0.1) is 0 Å². The van der Waals surface area contributed by atoms with Crippen molar-refractivity contribution in [3.63, 3.8) is 0 Å². The predicted octanol–water partition coefficient (Wildman–Crippen LogP) is 4.91. The van der Waals surface area contributed by atoms with Crippen LogP contribution in [0.4, 0.5) is 0 Å². The molecule has 2 aromatic rings. The van der Waals surface area contributed by atoms with Crippen molar-refractivity contribution in [1.82, 2.24) is 0 Å². The number of para-hydroxylation sites is 1. The Morgan fingerprint density at radius 1 is 0.950 bits per heavy atom. The normalized spacial score (nSPS) is 12.1. The zero-order valence-electron chi connectivity index (χ0n) is 11.0. The number of halogens is 2. The van der Waals surface area contributed by atoms with Crippen LogP contribution in [0.5, 0.6) is 5.75 Å². The molecule has 2 rings (SSSR count). The van der Waals surface area contributed by atoms with Crippen LogP contribution >= 0.6 is 34.2 Å². The fraction of sp³-hybridized carbons (Fsp3) is 0.250. The highest BCUT2D eigenvalue weighted by molar-refractivity contribution is 14.1. The van der Waals surface area contributed by atoms with E-state index in [9.17, 15) is 0 Å². The topological polar surface area (TPSA) is 18.5 Å². The number of alkyl halides is 1. The minimum atomic E-state index is 0.00340. The molecule has 0 aromatic heterocycles. The molecular formula is C16H16ClIO2. The molecule has 0 saturated carbocycles. The Hall–Kier alpha value is -0.780. The second kappa shape index (κ2) is 8.49. The molecule has 4 heteroatoms. The molecule has 0 bridgehead atoms. The molecule has 0 spiro atoms. The van der Waals surface area contributed by atoms with E-state index in [1.165, 1.54) is 0 Å². The van der Waals surface area contributed by atoms with Crippen molar-refractivity contribution in [3.8, 4) is 5.75 Å². The van der Waals surface area contributed by atoms with Crippen LogP contribution in [-0.4, -0.2) is 17.6 Å². The molecule has 20 heavy (non-hydrogen) atoms. The minimum absolute atomic E-state index is 0.00340. The van der Waals surface area contributed by atoms with E-state index in [0.29, 0.717) is 13.2 Å². The van der Waals surface area contributed by atoms with Crippen molar-refractivity contribution in [1.29, 1.82) is 0 Å². The van der Waals surface area contributed by atoms with Gasteiger partial charge >= 0.3 is 0 Å². The largest absolute Gasteiger partial charge is 0.491 e. The standard InChI is InChI=1S/C16H16ClIO2/c17-15-9-5-4-8-14(15)16(12-18)20-11-10-19-13-6-2-1-3-7-13/h1-9,16H,10-12H2. The summed E-state index contributed by atoms with van der Waals surface area (Å²) in [6.07, 6.45) is 0.00340. The summed E-state index contributed by atoms with van der Waals surface area (Å²) in [7, 11) is 0. The lowest BCUT2D eigenvalue weighted by molar-refractivity contribution is 0.0484. The van der Waals surface area contributed by atoms with Gasteiger partial charge in [-0.2, -0.15) is 0 Å². The molecule has 0 saturated heterocycles. The summed E-state index contributed by atoms with van der Waals surface area (Å²) in [5, 5.41) is 0.748. The summed E-state index contributed by atoms with van der Waals surface area (Å²) >= 11 is 8.50. The van der Waals surface area contributed by atoms with Gasteiger partial charge in [-0.3, -0.25) is 0 Å². The van der Waals surface area contributed by atoms with Gasteiger partial charge in [0.05, 0.1) is 12.7 Å². The lowest BCUT2D eigenvalue weighted by Crippen LogP contribution is -2.12. The van der Waals surface area contributed by atoms with E-state index in [4.69, 9.17) is 21.1 Å². The molecule has 0 amide bonds. The average molecular weight is 403 g/mol. The van der Waals surface area contributed by atoms with Gasteiger partial charge in [-0.1, -0.05) is 70.6 Å². The molecule has 0 heterocycles. The van der Waals surface area contributed by atoms with Gasteiger partial charge in [-0.25, -0.2) is 0 Å². The Morgan fingerprint density at radius 2 is 1.65 bits per heavy atom. The zero-order chi connectivity index (χ0) is 14.2. The van der Waals surface area contributed by atoms with Crippen molar-refractivity contribution < 1.29 is 9.47 Å². The van der Waals surface area contributed by atoms with Crippen LogP contribution in [0, 0.1) is 0 Å². The molecule has 2 nitrogen and oxygen atoms in total. The van der Waals surface area contributed by atoms with E-state index in [-0.39, 0.29) is 6.10 Å². The second-order valence-electron chi connectivity index (χ2n) is 4.20. The molecule has 0 fully saturated rings. The van der Waals surface area contributed by atoms with Crippen LogP contribution in [0.15, 0.2) is 54.6 Å². The van der Waals surface area contributed by atoms with Crippen LogP contribution < -0.4 is 4.74 Å². The van der Waals surface area contributed by atoms with E-state index < -0.39 is 0 Å². The zero-order valence-corrected chi connectivity index (χ0v) is 13.9. The highest BCUT2D eigenvalue weighted by Gasteiger charge is 2.13. The Morgan fingerprint density at radius 3 is 2.35 bits per heavy atom. The summed E-state index contributed by atoms with van der Waals surface area (Å²) in [4.78, 5) is 0. The Labute approximate surface area is 138 Å². The van der Waals surface area contributed by atoms with E-state index in [0.717, 1.165) is 20.8 Å². The summed E-state index contributed by atoms with van der Waals surface area (Å²) in [6, 6.07) is 17.5. The molecule has 0 aliphatic rings. The van der Waals surface area contributed by atoms with Crippen molar-refractivity contribution in [2.75, 3.05) is 17.6 Å². The summed E-state index contributed by atoms with van der Waals surface area (Å²) in [5.74, 6) is 0.861. The predicted molar refractivity (Wildman–Crippen MR) is 91.0 cm³/mol. The Kier molecular flexibility index (Phi) is 6.63. The number of hydrogen-bond donors (Lipinski definition) is 0. The molecular weight excluding hydrogens is 387 g/mol. The first kappa shape index (κ1) is 15.6. The van der Waals surface area contributed by atoms with Gasteiger partial charge in [0, 0.05) is 15.0 Å². The fourth-order valence-electron chi connectivity index (χ4n) is 1.82. The fourth-order valence-corrected chi connectivity index (χ4v) is 2.81. The van der Waals surface area contributed by atoms with Crippen LogP contribution in [-0.2, 0) is 4.74 Å². The molecule has 2 aromatic carbocycles. The summed E-state index contributed by atoms with van der Waals surface area (Å²) < 4.78 is 12.3. The Bertz CT molecular complexity index is 519. The maximum Gasteiger partial charge on any atom is 0.119 e. The highest BCUT2D eigenvalue weighted by atomic mass is 127. The van der Waals surface area contributed by atoms with Crippen LogP contribution in [0.2, 0.25) is 5.02 Å². The summed E-state index contributed by atoms with van der Waals surface area (Å²) in [6.45, 7) is 1.06. The van der Waals surface area contributed by atoms with E-state index >= 15 is 0 Å².